The largest absolute Gasteiger partial charge is 0.495 e. The minimum atomic E-state index is -0.455. The first kappa shape index (κ1) is 31.7. The van der Waals surface area contributed by atoms with Crippen LogP contribution >= 0.6 is 0 Å². The number of hydrogen-bond acceptors (Lipinski definition) is 8. The number of rotatable bonds is 9. The number of β-amino-alcohol motifs (C(OH)–C–C–N with tert-alkyl or cyclic N) is 1. The quantitative estimate of drug-likeness (QED) is 0.277. The van der Waals surface area contributed by atoms with Crippen molar-refractivity contribution < 1.29 is 28.6 Å². The monoisotopic (exact) mass is 642 g/mol. The Hall–Kier alpha value is -3.92. The van der Waals surface area contributed by atoms with Gasteiger partial charge in [0.15, 0.2) is 5.89 Å². The molecule has 1 aliphatic heterocycles. The maximum atomic E-state index is 14.4. The van der Waals surface area contributed by atoms with Crippen LogP contribution in [0.1, 0.15) is 93.3 Å². The number of methoxy groups -OCH3 is 1. The van der Waals surface area contributed by atoms with E-state index in [1.54, 1.807) is 13.4 Å². The van der Waals surface area contributed by atoms with Gasteiger partial charge in [-0.3, -0.25) is 9.78 Å². The lowest BCUT2D eigenvalue weighted by atomic mass is 9.79. The Morgan fingerprint density at radius 1 is 0.957 bits per heavy atom. The van der Waals surface area contributed by atoms with Crippen LogP contribution in [0.4, 0.5) is 10.5 Å². The standard InChI is InChI=1S/C37H46N4O6/c1-23-34(45-2)17-16-32(38-23)25-8-6-24(7-9-25)19-41(29-5-3-4-28(18-29)33-22-46-35(39-33)26-10-11-26)36(43)27-12-14-31(15-13-27)47-37(44)40-20-30(42)21-40/h3-5,16-18,22,24-27,30-31,42H,6-15,19-21H2,1-2H3. The lowest BCUT2D eigenvalue weighted by Gasteiger charge is -2.38. The number of benzene rings is 1. The first-order valence-corrected chi connectivity index (χ1v) is 17.4. The van der Waals surface area contributed by atoms with Gasteiger partial charge in [-0.25, -0.2) is 9.78 Å². The maximum absolute atomic E-state index is 14.4. The molecule has 4 fully saturated rings. The summed E-state index contributed by atoms with van der Waals surface area (Å²) in [5.74, 6) is 2.87. The molecule has 1 N–H and O–H groups in total. The third-order valence-electron chi connectivity index (χ3n) is 10.6. The van der Waals surface area contributed by atoms with Crippen LogP contribution in [0, 0.1) is 18.8 Å². The van der Waals surface area contributed by atoms with E-state index in [1.807, 2.05) is 36.1 Å². The molecule has 3 aromatic rings. The topological polar surface area (TPSA) is 118 Å². The van der Waals surface area contributed by atoms with Gasteiger partial charge < -0.3 is 28.8 Å². The van der Waals surface area contributed by atoms with Gasteiger partial charge >= 0.3 is 6.09 Å². The molecule has 2 aromatic heterocycles. The fraction of sp³-hybridized carbons (Fsp3) is 0.568. The third-order valence-corrected chi connectivity index (χ3v) is 10.6. The fourth-order valence-corrected chi connectivity index (χ4v) is 7.47. The predicted molar refractivity (Wildman–Crippen MR) is 176 cm³/mol. The number of aliphatic hydroxyl groups is 1. The van der Waals surface area contributed by atoms with Gasteiger partial charge in [0.25, 0.3) is 0 Å². The zero-order chi connectivity index (χ0) is 32.5. The Morgan fingerprint density at radius 2 is 1.70 bits per heavy atom. The summed E-state index contributed by atoms with van der Waals surface area (Å²) in [5, 5.41) is 9.53. The summed E-state index contributed by atoms with van der Waals surface area (Å²) in [6.45, 7) is 3.32. The fourth-order valence-electron chi connectivity index (χ4n) is 7.47. The van der Waals surface area contributed by atoms with E-state index in [-0.39, 0.29) is 24.0 Å². The summed E-state index contributed by atoms with van der Waals surface area (Å²) in [6.07, 6.45) is 9.80. The lowest BCUT2D eigenvalue weighted by molar-refractivity contribution is -0.124. The van der Waals surface area contributed by atoms with E-state index in [0.717, 1.165) is 78.5 Å². The van der Waals surface area contributed by atoms with Crippen LogP contribution in [0.5, 0.6) is 5.75 Å². The maximum Gasteiger partial charge on any atom is 0.410 e. The molecule has 0 spiro atoms. The smallest absolute Gasteiger partial charge is 0.410 e. The van der Waals surface area contributed by atoms with Gasteiger partial charge in [0.1, 0.15) is 23.8 Å². The summed E-state index contributed by atoms with van der Waals surface area (Å²) in [4.78, 5) is 39.9. The van der Waals surface area contributed by atoms with Crippen LogP contribution in [-0.4, -0.2) is 70.9 Å². The number of aryl methyl sites for hydroxylation is 1. The van der Waals surface area contributed by atoms with Gasteiger partial charge in [0.05, 0.1) is 32.0 Å². The minimum Gasteiger partial charge on any atom is -0.495 e. The number of amides is 2. The van der Waals surface area contributed by atoms with Crippen LogP contribution < -0.4 is 9.64 Å². The molecular weight excluding hydrogens is 596 g/mol. The third kappa shape index (κ3) is 7.17. The van der Waals surface area contributed by atoms with E-state index in [1.165, 1.54) is 4.90 Å². The van der Waals surface area contributed by atoms with Crippen LogP contribution in [0.2, 0.25) is 0 Å². The number of aromatic nitrogens is 2. The number of carbonyl (C=O) groups is 2. The highest BCUT2D eigenvalue weighted by Crippen LogP contribution is 2.41. The van der Waals surface area contributed by atoms with Crippen LogP contribution in [0.3, 0.4) is 0 Å². The second-order valence-corrected chi connectivity index (χ2v) is 14.0. The molecule has 3 aliphatic carbocycles. The van der Waals surface area contributed by atoms with Crippen molar-refractivity contribution in [2.75, 3.05) is 31.6 Å². The second kappa shape index (κ2) is 13.7. The molecule has 2 amide bonds. The predicted octanol–water partition coefficient (Wildman–Crippen LogP) is 6.61. The SMILES string of the molecule is COc1ccc(C2CCC(CN(C(=O)C3CCC(OC(=O)N4CC(O)C4)CC3)c3cccc(-c4coc(C5CC5)n4)c3)CC2)nc1C. The zero-order valence-electron chi connectivity index (χ0n) is 27.5. The van der Waals surface area contributed by atoms with Gasteiger partial charge in [-0.2, -0.15) is 0 Å². The highest BCUT2D eigenvalue weighted by atomic mass is 16.6. The molecule has 0 unspecified atom stereocenters. The molecule has 4 aliphatic rings. The number of pyridine rings is 1. The van der Waals surface area contributed by atoms with E-state index < -0.39 is 6.10 Å². The lowest BCUT2D eigenvalue weighted by Crippen LogP contribution is -2.54. The molecule has 47 heavy (non-hydrogen) atoms. The number of aliphatic hydroxyl groups excluding tert-OH is 1. The molecule has 10 heteroatoms. The van der Waals surface area contributed by atoms with Gasteiger partial charge in [-0.05, 0) is 101 Å². The van der Waals surface area contributed by atoms with E-state index in [0.29, 0.717) is 63.1 Å². The molecule has 1 aromatic carbocycles. The highest BCUT2D eigenvalue weighted by molar-refractivity contribution is 5.95. The zero-order valence-corrected chi connectivity index (χ0v) is 27.5. The molecule has 1 saturated heterocycles. The molecule has 0 radical (unpaired) electrons. The summed E-state index contributed by atoms with van der Waals surface area (Å²) >= 11 is 0. The Bertz CT molecular complexity index is 1560. The van der Waals surface area contributed by atoms with E-state index in [2.05, 4.69) is 12.1 Å². The molecule has 7 rings (SSSR count). The summed E-state index contributed by atoms with van der Waals surface area (Å²) in [5.41, 5.74) is 4.70. The van der Waals surface area contributed by atoms with E-state index in [9.17, 15) is 14.7 Å². The number of ether oxygens (including phenoxy) is 2. The van der Waals surface area contributed by atoms with Crippen LogP contribution in [0.15, 0.2) is 47.1 Å². The molecule has 10 nitrogen and oxygen atoms in total. The average Bonchev–Trinajstić information content (AvgIpc) is 3.81. The van der Waals surface area contributed by atoms with Crippen molar-refractivity contribution in [2.24, 2.45) is 11.8 Å². The Morgan fingerprint density at radius 3 is 2.38 bits per heavy atom. The molecule has 3 saturated carbocycles. The number of oxazole rings is 1. The normalized spacial score (nSPS) is 24.8. The first-order valence-electron chi connectivity index (χ1n) is 17.4. The average molecular weight is 643 g/mol. The Balaban J connectivity index is 1.04. The Labute approximate surface area is 276 Å². The van der Waals surface area contributed by atoms with Crippen molar-refractivity contribution in [3.05, 3.63) is 59.9 Å². The number of anilines is 1. The van der Waals surface area contributed by atoms with E-state index >= 15 is 0 Å². The van der Waals surface area contributed by atoms with Crippen molar-refractivity contribution in [1.29, 1.82) is 0 Å². The molecule has 250 valence electrons. The van der Waals surface area contributed by atoms with Crippen molar-refractivity contribution in [3.8, 4) is 17.0 Å². The van der Waals surface area contributed by atoms with Gasteiger partial charge in [0, 0.05) is 41.2 Å². The summed E-state index contributed by atoms with van der Waals surface area (Å²) in [7, 11) is 1.68. The number of hydrogen-bond donors (Lipinski definition) is 1. The number of carbonyl (C=O) groups excluding carboxylic acids is 2. The van der Waals surface area contributed by atoms with Crippen molar-refractivity contribution in [3.63, 3.8) is 0 Å². The van der Waals surface area contributed by atoms with E-state index in [4.69, 9.17) is 23.9 Å². The second-order valence-electron chi connectivity index (χ2n) is 14.0. The molecular formula is C37H46N4O6. The number of likely N-dealkylation sites (tertiary alicyclic amines) is 1. The van der Waals surface area contributed by atoms with Crippen LogP contribution in [-0.2, 0) is 9.53 Å². The molecule has 0 bridgehead atoms. The number of nitrogens with zero attached hydrogens (tertiary/aromatic N) is 4. The van der Waals surface area contributed by atoms with Gasteiger partial charge in [-0.15, -0.1) is 0 Å². The Kier molecular flexibility index (Phi) is 9.21. The first-order chi connectivity index (χ1) is 22.8. The van der Waals surface area contributed by atoms with Gasteiger partial charge in [0.2, 0.25) is 5.91 Å². The molecule has 0 atom stereocenters. The highest BCUT2D eigenvalue weighted by Gasteiger charge is 2.36. The van der Waals surface area contributed by atoms with Gasteiger partial charge in [-0.1, -0.05) is 12.1 Å². The summed E-state index contributed by atoms with van der Waals surface area (Å²) in [6, 6.07) is 12.3. The summed E-state index contributed by atoms with van der Waals surface area (Å²) < 4.78 is 16.9. The molecule has 3 heterocycles. The minimum absolute atomic E-state index is 0.129. The van der Waals surface area contributed by atoms with Crippen molar-refractivity contribution in [2.45, 2.75) is 95.2 Å². The van der Waals surface area contributed by atoms with Crippen LogP contribution in [0.25, 0.3) is 11.3 Å². The van der Waals surface area contributed by atoms with Crippen molar-refractivity contribution >= 4 is 17.7 Å². The van der Waals surface area contributed by atoms with Crippen molar-refractivity contribution in [1.82, 2.24) is 14.9 Å².